The van der Waals surface area contributed by atoms with Gasteiger partial charge in [-0.2, -0.15) is 0 Å². The Morgan fingerprint density at radius 1 is 0.913 bits per heavy atom. The van der Waals surface area contributed by atoms with E-state index in [-0.39, 0.29) is 23.3 Å². The van der Waals surface area contributed by atoms with Gasteiger partial charge in [0, 0.05) is 11.9 Å². The van der Waals surface area contributed by atoms with Crippen LogP contribution in [0.5, 0.6) is 0 Å². The predicted molar refractivity (Wildman–Crippen MR) is 94.7 cm³/mol. The highest BCUT2D eigenvalue weighted by atomic mass is 32.2. The van der Waals surface area contributed by atoms with Crippen LogP contribution in [0.4, 0.5) is 11.5 Å². The Morgan fingerprint density at radius 3 is 2.13 bits per heavy atom. The van der Waals surface area contributed by atoms with Crippen molar-refractivity contribution in [1.82, 2.24) is 4.98 Å². The van der Waals surface area contributed by atoms with Gasteiger partial charge in [0.15, 0.2) is 0 Å². The van der Waals surface area contributed by atoms with Crippen molar-refractivity contribution in [3.8, 4) is 0 Å². The van der Waals surface area contributed by atoms with Crippen LogP contribution in [-0.2, 0) is 9.59 Å². The maximum absolute atomic E-state index is 11.8. The highest BCUT2D eigenvalue weighted by molar-refractivity contribution is 8.00. The number of hydrogen-bond acceptors (Lipinski definition) is 4. The number of rotatable bonds is 6. The number of anilines is 2. The number of hydrogen-bond donors (Lipinski definition) is 2. The Kier molecular flexibility index (Phi) is 6.17. The molecule has 6 heteroatoms. The van der Waals surface area contributed by atoms with E-state index >= 15 is 0 Å². The summed E-state index contributed by atoms with van der Waals surface area (Å²) in [4.78, 5) is 27.7. The maximum atomic E-state index is 11.8. The Balaban J connectivity index is 1.69. The van der Waals surface area contributed by atoms with Gasteiger partial charge in [-0.05, 0) is 37.6 Å². The molecule has 2 N–H and O–H groups in total. The summed E-state index contributed by atoms with van der Waals surface area (Å²) in [5.41, 5.74) is 2.93. The number of nitrogens with zero attached hydrogens (tertiary/aromatic N) is 1. The van der Waals surface area contributed by atoms with E-state index in [2.05, 4.69) is 15.6 Å². The fourth-order valence-electron chi connectivity index (χ4n) is 1.79. The van der Waals surface area contributed by atoms with Crippen molar-refractivity contribution in [1.29, 1.82) is 0 Å². The molecule has 2 rings (SSSR count). The fourth-order valence-corrected chi connectivity index (χ4v) is 2.41. The van der Waals surface area contributed by atoms with Crippen LogP contribution in [0.2, 0.25) is 0 Å². The first-order chi connectivity index (χ1) is 11.0. The third kappa shape index (κ3) is 6.12. The molecule has 0 fully saturated rings. The number of carbonyl (C=O) groups excluding carboxylic acids is 2. The van der Waals surface area contributed by atoms with Gasteiger partial charge in [-0.3, -0.25) is 9.59 Å². The summed E-state index contributed by atoms with van der Waals surface area (Å²) >= 11 is 1.26. The molecule has 0 aliphatic carbocycles. The molecule has 1 aromatic carbocycles. The molecule has 0 spiro atoms. The summed E-state index contributed by atoms with van der Waals surface area (Å²) in [6.07, 6.45) is 1.69. The quantitative estimate of drug-likeness (QED) is 0.854. The van der Waals surface area contributed by atoms with Crippen molar-refractivity contribution in [2.75, 3.05) is 22.1 Å². The molecule has 0 radical (unpaired) electrons. The molecule has 0 bridgehead atoms. The summed E-state index contributed by atoms with van der Waals surface area (Å²) in [6.45, 7) is 3.92. The van der Waals surface area contributed by atoms with Gasteiger partial charge in [0.05, 0.1) is 11.5 Å². The number of amides is 2. The van der Waals surface area contributed by atoms with Gasteiger partial charge in [-0.15, -0.1) is 11.8 Å². The molecule has 0 saturated carbocycles. The number of benzene rings is 1. The minimum Gasteiger partial charge on any atom is -0.325 e. The third-order valence-electron chi connectivity index (χ3n) is 2.98. The van der Waals surface area contributed by atoms with Crippen LogP contribution in [-0.4, -0.2) is 28.3 Å². The molecule has 2 aromatic rings. The van der Waals surface area contributed by atoms with Crippen LogP contribution < -0.4 is 10.6 Å². The molecule has 0 aliphatic rings. The summed E-state index contributed by atoms with van der Waals surface area (Å²) in [6, 6.07) is 11.2. The molecule has 23 heavy (non-hydrogen) atoms. The average Bonchev–Trinajstić information content (AvgIpc) is 2.52. The van der Waals surface area contributed by atoms with Crippen molar-refractivity contribution in [3.63, 3.8) is 0 Å². The minimum absolute atomic E-state index is 0.125. The Bertz CT molecular complexity index is 610. The van der Waals surface area contributed by atoms with Gasteiger partial charge in [0.2, 0.25) is 11.8 Å². The van der Waals surface area contributed by atoms with E-state index in [0.717, 1.165) is 16.8 Å². The Morgan fingerprint density at radius 2 is 1.52 bits per heavy atom. The van der Waals surface area contributed by atoms with E-state index in [1.807, 2.05) is 44.2 Å². The van der Waals surface area contributed by atoms with Gasteiger partial charge < -0.3 is 10.6 Å². The van der Waals surface area contributed by atoms with Gasteiger partial charge in [-0.25, -0.2) is 4.98 Å². The molecule has 1 aromatic heterocycles. The van der Waals surface area contributed by atoms with Crippen molar-refractivity contribution in [2.45, 2.75) is 13.8 Å². The van der Waals surface area contributed by atoms with Crippen LogP contribution in [0.1, 0.15) is 11.1 Å². The van der Waals surface area contributed by atoms with Gasteiger partial charge in [0.25, 0.3) is 0 Å². The van der Waals surface area contributed by atoms with Gasteiger partial charge in [-0.1, -0.05) is 23.8 Å². The van der Waals surface area contributed by atoms with Crippen molar-refractivity contribution < 1.29 is 9.59 Å². The predicted octanol–water partition coefficient (Wildman–Crippen LogP) is 3.01. The van der Waals surface area contributed by atoms with E-state index in [4.69, 9.17) is 0 Å². The fraction of sp³-hybridized carbons (Fsp3) is 0.235. The third-order valence-corrected chi connectivity index (χ3v) is 3.91. The molecular formula is C17H19N3O2S. The first-order valence-corrected chi connectivity index (χ1v) is 8.35. The maximum Gasteiger partial charge on any atom is 0.235 e. The van der Waals surface area contributed by atoms with Crippen LogP contribution in [0, 0.1) is 13.8 Å². The summed E-state index contributed by atoms with van der Waals surface area (Å²) in [5.74, 6) is 0.652. The number of aryl methyl sites for hydroxylation is 2. The lowest BCUT2D eigenvalue weighted by Crippen LogP contribution is -2.18. The van der Waals surface area contributed by atoms with Crippen LogP contribution in [0.15, 0.2) is 42.6 Å². The second-order valence-corrected chi connectivity index (χ2v) is 6.16. The van der Waals surface area contributed by atoms with E-state index in [9.17, 15) is 9.59 Å². The smallest absolute Gasteiger partial charge is 0.235 e. The highest BCUT2D eigenvalue weighted by Gasteiger charge is 2.07. The van der Waals surface area contributed by atoms with E-state index in [1.54, 1.807) is 12.3 Å². The highest BCUT2D eigenvalue weighted by Crippen LogP contribution is 2.10. The van der Waals surface area contributed by atoms with Crippen molar-refractivity contribution in [3.05, 3.63) is 53.7 Å². The van der Waals surface area contributed by atoms with Crippen molar-refractivity contribution in [2.24, 2.45) is 0 Å². The summed E-state index contributed by atoms with van der Waals surface area (Å²) < 4.78 is 0. The van der Waals surface area contributed by atoms with Gasteiger partial charge >= 0.3 is 0 Å². The van der Waals surface area contributed by atoms with Crippen molar-refractivity contribution >= 4 is 35.1 Å². The average molecular weight is 329 g/mol. The standard InChI is InChI=1S/C17H19N3O2S/c1-12-3-6-14(7-4-12)19-16(21)10-23-11-17(22)20-15-8-5-13(2)9-18-15/h3-9H,10-11H2,1-2H3,(H,19,21)(H,18,20,22). The lowest BCUT2D eigenvalue weighted by atomic mass is 10.2. The Labute approximate surface area is 139 Å². The molecule has 0 unspecified atom stereocenters. The molecule has 0 aliphatic heterocycles. The molecule has 2 amide bonds. The minimum atomic E-state index is -0.172. The number of carbonyl (C=O) groups is 2. The van der Waals surface area contributed by atoms with Gasteiger partial charge in [0.1, 0.15) is 5.82 Å². The summed E-state index contributed by atoms with van der Waals surface area (Å²) in [7, 11) is 0. The largest absolute Gasteiger partial charge is 0.325 e. The first-order valence-electron chi connectivity index (χ1n) is 7.20. The zero-order valence-electron chi connectivity index (χ0n) is 13.1. The normalized spacial score (nSPS) is 10.2. The number of nitrogens with one attached hydrogen (secondary N) is 2. The van der Waals surface area contributed by atoms with Crippen LogP contribution in [0.25, 0.3) is 0 Å². The molecular weight excluding hydrogens is 310 g/mol. The second kappa shape index (κ2) is 8.33. The second-order valence-electron chi connectivity index (χ2n) is 5.18. The zero-order valence-corrected chi connectivity index (χ0v) is 13.9. The molecule has 0 atom stereocenters. The van der Waals surface area contributed by atoms with E-state index in [1.165, 1.54) is 11.8 Å². The lowest BCUT2D eigenvalue weighted by Gasteiger charge is -2.06. The Hall–Kier alpha value is -2.34. The van der Waals surface area contributed by atoms with E-state index < -0.39 is 0 Å². The molecule has 120 valence electrons. The lowest BCUT2D eigenvalue weighted by molar-refractivity contribution is -0.114. The van der Waals surface area contributed by atoms with Crippen LogP contribution in [0.3, 0.4) is 0 Å². The number of aromatic nitrogens is 1. The van der Waals surface area contributed by atoms with Crippen LogP contribution >= 0.6 is 11.8 Å². The number of thioether (sulfide) groups is 1. The number of pyridine rings is 1. The molecule has 0 saturated heterocycles. The summed E-state index contributed by atoms with van der Waals surface area (Å²) in [5, 5.41) is 5.49. The first kappa shape index (κ1) is 17.0. The molecule has 1 heterocycles. The topological polar surface area (TPSA) is 71.1 Å². The van der Waals surface area contributed by atoms with E-state index in [0.29, 0.717) is 5.82 Å². The zero-order chi connectivity index (χ0) is 16.7. The SMILES string of the molecule is Cc1ccc(NC(=O)CSCC(=O)Nc2ccc(C)cn2)cc1. The monoisotopic (exact) mass is 329 g/mol. The molecule has 5 nitrogen and oxygen atoms in total.